The summed E-state index contributed by atoms with van der Waals surface area (Å²) in [5.41, 5.74) is 1.15. The fraction of sp³-hybridized carbons (Fsp3) is 0.875. The minimum atomic E-state index is 0.150. The van der Waals surface area contributed by atoms with E-state index in [2.05, 4.69) is 19.0 Å². The molecule has 3 heteroatoms. The lowest BCUT2D eigenvalue weighted by molar-refractivity contribution is 0.0208. The van der Waals surface area contributed by atoms with Crippen LogP contribution in [-0.4, -0.2) is 25.5 Å². The van der Waals surface area contributed by atoms with E-state index in [-0.39, 0.29) is 6.10 Å². The number of nitrogens with zero attached hydrogens (tertiary/aromatic N) is 1. The van der Waals surface area contributed by atoms with Crippen LogP contribution in [-0.2, 0) is 9.57 Å². The van der Waals surface area contributed by atoms with Crippen molar-refractivity contribution in [1.29, 1.82) is 0 Å². The molecule has 0 aliphatic carbocycles. The van der Waals surface area contributed by atoms with Gasteiger partial charge in [-0.1, -0.05) is 19.0 Å². The van der Waals surface area contributed by atoms with E-state index in [9.17, 15) is 0 Å². The zero-order valence-corrected chi connectivity index (χ0v) is 7.33. The summed E-state index contributed by atoms with van der Waals surface area (Å²) in [5, 5.41) is 3.97. The molecule has 0 aromatic heterocycles. The van der Waals surface area contributed by atoms with Gasteiger partial charge in [-0.25, -0.2) is 0 Å². The number of hydrogen-bond donors (Lipinski definition) is 0. The first-order valence-electron chi connectivity index (χ1n) is 3.95. The molecule has 1 rings (SSSR count). The van der Waals surface area contributed by atoms with Crippen LogP contribution >= 0.6 is 0 Å². The van der Waals surface area contributed by atoms with E-state index in [1.165, 1.54) is 0 Å². The summed E-state index contributed by atoms with van der Waals surface area (Å²) in [5.74, 6) is 0.497. The molecule has 0 aromatic carbocycles. The van der Waals surface area contributed by atoms with Crippen molar-refractivity contribution in [3.63, 3.8) is 0 Å². The van der Waals surface area contributed by atoms with E-state index < -0.39 is 0 Å². The van der Waals surface area contributed by atoms with Crippen molar-refractivity contribution < 1.29 is 9.57 Å². The molecule has 0 spiro atoms. The Hall–Kier alpha value is -0.570. The zero-order chi connectivity index (χ0) is 8.27. The second kappa shape index (κ2) is 3.72. The average molecular weight is 157 g/mol. The van der Waals surface area contributed by atoms with Crippen LogP contribution in [0.25, 0.3) is 0 Å². The maximum atomic E-state index is 5.13. The summed E-state index contributed by atoms with van der Waals surface area (Å²) in [4.78, 5) is 5.13. The molecule has 0 amide bonds. The maximum Gasteiger partial charge on any atom is 0.156 e. The van der Waals surface area contributed by atoms with Crippen LogP contribution in [0.4, 0.5) is 0 Å². The van der Waals surface area contributed by atoms with Gasteiger partial charge >= 0.3 is 0 Å². The minimum absolute atomic E-state index is 0.150. The summed E-state index contributed by atoms with van der Waals surface area (Å²) < 4.78 is 4.96. The van der Waals surface area contributed by atoms with Gasteiger partial charge in [0.15, 0.2) is 6.10 Å². The van der Waals surface area contributed by atoms with E-state index in [0.29, 0.717) is 12.5 Å². The van der Waals surface area contributed by atoms with Crippen molar-refractivity contribution in [3.05, 3.63) is 0 Å². The van der Waals surface area contributed by atoms with Crippen LogP contribution in [0.5, 0.6) is 0 Å². The van der Waals surface area contributed by atoms with Crippen LogP contribution in [0.2, 0.25) is 0 Å². The van der Waals surface area contributed by atoms with Crippen molar-refractivity contribution in [3.8, 4) is 0 Å². The average Bonchev–Trinajstić information content (AvgIpc) is 2.37. The second-order valence-corrected chi connectivity index (χ2v) is 3.12. The molecule has 1 heterocycles. The second-order valence-electron chi connectivity index (χ2n) is 3.12. The third-order valence-electron chi connectivity index (χ3n) is 1.77. The minimum Gasteiger partial charge on any atom is -0.390 e. The highest BCUT2D eigenvalue weighted by atomic mass is 16.7. The Morgan fingerprint density at radius 3 is 2.91 bits per heavy atom. The van der Waals surface area contributed by atoms with Crippen molar-refractivity contribution in [2.24, 2.45) is 11.1 Å². The van der Waals surface area contributed by atoms with Gasteiger partial charge in [-0.3, -0.25) is 0 Å². The smallest absolute Gasteiger partial charge is 0.156 e. The Balaban J connectivity index is 2.31. The third kappa shape index (κ3) is 2.19. The maximum absolute atomic E-state index is 5.13. The predicted octanol–water partition coefficient (Wildman–Crippen LogP) is 1.43. The Morgan fingerprint density at radius 1 is 1.73 bits per heavy atom. The van der Waals surface area contributed by atoms with Crippen molar-refractivity contribution >= 4 is 5.71 Å². The molecule has 0 radical (unpaired) electrons. The van der Waals surface area contributed by atoms with Gasteiger partial charge in [0.05, 0.1) is 12.3 Å². The highest BCUT2D eigenvalue weighted by Gasteiger charge is 2.22. The predicted molar refractivity (Wildman–Crippen MR) is 43.6 cm³/mol. The molecule has 0 N–H and O–H groups in total. The molecular weight excluding hydrogens is 142 g/mol. The van der Waals surface area contributed by atoms with Gasteiger partial charge in [0, 0.05) is 13.5 Å². The molecule has 11 heavy (non-hydrogen) atoms. The molecule has 1 aliphatic heterocycles. The molecular formula is C8H15NO2. The van der Waals surface area contributed by atoms with Crippen LogP contribution in [0.1, 0.15) is 20.3 Å². The molecule has 64 valence electrons. The molecule has 0 saturated carbocycles. The third-order valence-corrected chi connectivity index (χ3v) is 1.77. The van der Waals surface area contributed by atoms with Crippen LogP contribution in [0, 0.1) is 5.92 Å². The monoisotopic (exact) mass is 157 g/mol. The molecule has 1 atom stereocenters. The van der Waals surface area contributed by atoms with Gasteiger partial charge in [-0.05, 0) is 5.92 Å². The van der Waals surface area contributed by atoms with E-state index in [1.807, 2.05) is 0 Å². The standard InChI is InChI=1S/C8H15NO2/c1-6(2)8-4-7(5-10-3)11-9-8/h6-7H,4-5H2,1-3H3/t7-/m1/s1. The summed E-state index contributed by atoms with van der Waals surface area (Å²) in [6, 6.07) is 0. The Morgan fingerprint density at radius 2 is 2.45 bits per heavy atom. The zero-order valence-electron chi connectivity index (χ0n) is 7.33. The van der Waals surface area contributed by atoms with Crippen LogP contribution in [0.15, 0.2) is 5.16 Å². The Labute approximate surface area is 67.4 Å². The van der Waals surface area contributed by atoms with E-state index in [0.717, 1.165) is 12.1 Å². The summed E-state index contributed by atoms with van der Waals surface area (Å²) in [6.07, 6.45) is 1.07. The summed E-state index contributed by atoms with van der Waals surface area (Å²) >= 11 is 0. The number of rotatable bonds is 3. The number of ether oxygens (including phenoxy) is 1. The highest BCUT2D eigenvalue weighted by molar-refractivity contribution is 5.87. The number of hydrogen-bond acceptors (Lipinski definition) is 3. The lowest BCUT2D eigenvalue weighted by Gasteiger charge is -2.05. The van der Waals surface area contributed by atoms with Gasteiger partial charge in [0.1, 0.15) is 0 Å². The van der Waals surface area contributed by atoms with Crippen molar-refractivity contribution in [2.75, 3.05) is 13.7 Å². The van der Waals surface area contributed by atoms with Gasteiger partial charge in [-0.15, -0.1) is 0 Å². The highest BCUT2D eigenvalue weighted by Crippen LogP contribution is 2.15. The number of oxime groups is 1. The van der Waals surface area contributed by atoms with Crippen molar-refractivity contribution in [2.45, 2.75) is 26.4 Å². The normalized spacial score (nSPS) is 23.6. The topological polar surface area (TPSA) is 30.8 Å². The Kier molecular flexibility index (Phi) is 2.88. The molecule has 0 bridgehead atoms. The van der Waals surface area contributed by atoms with Gasteiger partial charge < -0.3 is 9.57 Å². The number of methoxy groups -OCH3 is 1. The van der Waals surface area contributed by atoms with Gasteiger partial charge in [0.2, 0.25) is 0 Å². The summed E-state index contributed by atoms with van der Waals surface area (Å²) in [7, 11) is 1.68. The molecule has 0 saturated heterocycles. The van der Waals surface area contributed by atoms with Crippen LogP contribution in [0.3, 0.4) is 0 Å². The first-order chi connectivity index (χ1) is 5.24. The molecule has 1 aliphatic rings. The van der Waals surface area contributed by atoms with Gasteiger partial charge in [0.25, 0.3) is 0 Å². The largest absolute Gasteiger partial charge is 0.390 e. The molecule has 0 aromatic rings. The summed E-state index contributed by atoms with van der Waals surface area (Å²) in [6.45, 7) is 4.88. The lowest BCUT2D eigenvalue weighted by atomic mass is 10.0. The SMILES string of the molecule is COC[C@H]1CC(C(C)C)=NO1. The van der Waals surface area contributed by atoms with E-state index in [1.54, 1.807) is 7.11 Å². The fourth-order valence-corrected chi connectivity index (χ4v) is 1.07. The molecule has 0 unspecified atom stereocenters. The lowest BCUT2D eigenvalue weighted by Crippen LogP contribution is -2.16. The molecule has 0 fully saturated rings. The first kappa shape index (κ1) is 8.53. The van der Waals surface area contributed by atoms with Crippen molar-refractivity contribution in [1.82, 2.24) is 0 Å². The van der Waals surface area contributed by atoms with E-state index in [4.69, 9.17) is 9.57 Å². The Bertz CT molecular complexity index is 154. The quantitative estimate of drug-likeness (QED) is 0.620. The van der Waals surface area contributed by atoms with Gasteiger partial charge in [-0.2, -0.15) is 0 Å². The molecule has 3 nitrogen and oxygen atoms in total. The van der Waals surface area contributed by atoms with E-state index >= 15 is 0 Å². The first-order valence-corrected chi connectivity index (χ1v) is 3.95. The van der Waals surface area contributed by atoms with Crippen LogP contribution < -0.4 is 0 Å². The fourth-order valence-electron chi connectivity index (χ4n) is 1.07.